The van der Waals surface area contributed by atoms with Crippen molar-refractivity contribution in [3.8, 4) is 23.0 Å². The second kappa shape index (κ2) is 6.90. The number of thiazole rings is 1. The Bertz CT molecular complexity index is 926. The summed E-state index contributed by atoms with van der Waals surface area (Å²) < 4.78 is 16.7. The van der Waals surface area contributed by atoms with E-state index in [1.807, 2.05) is 31.6 Å². The van der Waals surface area contributed by atoms with Gasteiger partial charge in [0.1, 0.15) is 10.8 Å². The summed E-state index contributed by atoms with van der Waals surface area (Å²) >= 11 is 8.02. The van der Waals surface area contributed by atoms with Gasteiger partial charge in [0.25, 0.3) is 0 Å². The normalized spacial score (nSPS) is 14.2. The van der Waals surface area contributed by atoms with Gasteiger partial charge < -0.3 is 13.9 Å². The molecule has 6 nitrogen and oxygen atoms in total. The van der Waals surface area contributed by atoms with Crippen molar-refractivity contribution < 1.29 is 13.9 Å². The van der Waals surface area contributed by atoms with Gasteiger partial charge in [0.15, 0.2) is 11.5 Å². The standard InChI is InChI=1S/C18H18ClN3O3S/c1-10(18-20-4-5-26-18)22(3)8-14-11(2)25-17(21-14)12-6-15-16(7-13(12)19)24-9-23-15/h4-7,10H,8-9H2,1-3H3. The number of hydrogen-bond acceptors (Lipinski definition) is 7. The van der Waals surface area contributed by atoms with Crippen molar-refractivity contribution in [1.82, 2.24) is 14.9 Å². The molecule has 2 aromatic heterocycles. The molecule has 0 radical (unpaired) electrons. The van der Waals surface area contributed by atoms with E-state index in [-0.39, 0.29) is 12.8 Å². The van der Waals surface area contributed by atoms with E-state index in [0.717, 1.165) is 16.5 Å². The van der Waals surface area contributed by atoms with Crippen molar-refractivity contribution >= 4 is 22.9 Å². The molecule has 0 saturated heterocycles. The molecule has 0 N–H and O–H groups in total. The lowest BCUT2D eigenvalue weighted by Crippen LogP contribution is -2.22. The topological polar surface area (TPSA) is 60.6 Å². The fourth-order valence-electron chi connectivity index (χ4n) is 2.77. The Morgan fingerprint density at radius 2 is 2.08 bits per heavy atom. The number of ether oxygens (including phenoxy) is 2. The zero-order chi connectivity index (χ0) is 18.3. The lowest BCUT2D eigenvalue weighted by atomic mass is 10.2. The van der Waals surface area contributed by atoms with Crippen LogP contribution in [0.15, 0.2) is 28.1 Å². The molecule has 3 heterocycles. The number of nitrogens with zero attached hydrogens (tertiary/aromatic N) is 3. The van der Waals surface area contributed by atoms with E-state index in [9.17, 15) is 0 Å². The fourth-order valence-corrected chi connectivity index (χ4v) is 3.77. The van der Waals surface area contributed by atoms with E-state index in [1.165, 1.54) is 0 Å². The SMILES string of the molecule is Cc1oc(-c2cc3c(cc2Cl)OCO3)nc1CN(C)C(C)c1nccs1. The second-order valence-electron chi connectivity index (χ2n) is 6.17. The van der Waals surface area contributed by atoms with Gasteiger partial charge in [-0.15, -0.1) is 11.3 Å². The van der Waals surface area contributed by atoms with Crippen molar-refractivity contribution in [3.05, 3.63) is 45.2 Å². The molecule has 3 aromatic rings. The average Bonchev–Trinajstić information content (AvgIpc) is 3.35. The Kier molecular flexibility index (Phi) is 4.60. The number of halogens is 1. The third-order valence-electron chi connectivity index (χ3n) is 4.45. The smallest absolute Gasteiger partial charge is 0.231 e. The monoisotopic (exact) mass is 391 g/mol. The number of rotatable bonds is 5. The Labute approximate surface area is 160 Å². The van der Waals surface area contributed by atoms with Crippen molar-refractivity contribution in [2.24, 2.45) is 0 Å². The first-order chi connectivity index (χ1) is 12.5. The maximum atomic E-state index is 6.37. The first-order valence-corrected chi connectivity index (χ1v) is 9.44. The highest BCUT2D eigenvalue weighted by Crippen LogP contribution is 2.41. The molecular formula is C18H18ClN3O3S. The second-order valence-corrected chi connectivity index (χ2v) is 7.50. The van der Waals surface area contributed by atoms with Crippen LogP contribution < -0.4 is 9.47 Å². The summed E-state index contributed by atoms with van der Waals surface area (Å²) in [7, 11) is 2.05. The van der Waals surface area contributed by atoms with Crippen LogP contribution in [-0.2, 0) is 6.54 Å². The van der Waals surface area contributed by atoms with Crippen molar-refractivity contribution in [2.75, 3.05) is 13.8 Å². The van der Waals surface area contributed by atoms with Crippen LogP contribution in [-0.4, -0.2) is 28.7 Å². The molecule has 0 amide bonds. The lowest BCUT2D eigenvalue weighted by molar-refractivity contribution is 0.174. The summed E-state index contributed by atoms with van der Waals surface area (Å²) in [6.45, 7) is 4.89. The highest BCUT2D eigenvalue weighted by atomic mass is 35.5. The van der Waals surface area contributed by atoms with E-state index >= 15 is 0 Å². The van der Waals surface area contributed by atoms with Crippen molar-refractivity contribution in [1.29, 1.82) is 0 Å². The Balaban J connectivity index is 1.58. The molecular weight excluding hydrogens is 374 g/mol. The van der Waals surface area contributed by atoms with Gasteiger partial charge >= 0.3 is 0 Å². The number of aromatic nitrogens is 2. The summed E-state index contributed by atoms with van der Waals surface area (Å²) in [4.78, 5) is 11.2. The summed E-state index contributed by atoms with van der Waals surface area (Å²) in [5, 5.41) is 3.58. The van der Waals surface area contributed by atoms with Gasteiger partial charge in [-0.2, -0.15) is 0 Å². The third-order valence-corrected chi connectivity index (χ3v) is 5.71. The van der Waals surface area contributed by atoms with Gasteiger partial charge in [-0.25, -0.2) is 9.97 Å². The summed E-state index contributed by atoms with van der Waals surface area (Å²) in [5.74, 6) is 2.54. The number of hydrogen-bond donors (Lipinski definition) is 0. The highest BCUT2D eigenvalue weighted by Gasteiger charge is 2.22. The van der Waals surface area contributed by atoms with Gasteiger partial charge in [0.2, 0.25) is 12.7 Å². The van der Waals surface area contributed by atoms with Crippen LogP contribution in [0.3, 0.4) is 0 Å². The van der Waals surface area contributed by atoms with Crippen LogP contribution in [0.2, 0.25) is 5.02 Å². The van der Waals surface area contributed by atoms with Crippen LogP contribution in [0.4, 0.5) is 0 Å². The summed E-state index contributed by atoms with van der Waals surface area (Å²) in [5.41, 5.74) is 1.57. The van der Waals surface area contributed by atoms with E-state index in [4.69, 9.17) is 25.5 Å². The predicted octanol–water partition coefficient (Wildman–Crippen LogP) is 4.68. The molecule has 1 atom stereocenters. The molecule has 136 valence electrons. The van der Waals surface area contributed by atoms with Crippen LogP contribution >= 0.6 is 22.9 Å². The van der Waals surface area contributed by atoms with Crippen molar-refractivity contribution in [3.63, 3.8) is 0 Å². The number of oxazole rings is 1. The molecule has 0 fully saturated rings. The van der Waals surface area contributed by atoms with Gasteiger partial charge in [-0.1, -0.05) is 11.6 Å². The Morgan fingerprint density at radius 1 is 1.31 bits per heavy atom. The highest BCUT2D eigenvalue weighted by molar-refractivity contribution is 7.09. The van der Waals surface area contributed by atoms with Crippen LogP contribution in [0.1, 0.15) is 29.4 Å². The molecule has 1 aliphatic rings. The van der Waals surface area contributed by atoms with E-state index < -0.39 is 0 Å². The van der Waals surface area contributed by atoms with E-state index in [2.05, 4.69) is 21.8 Å². The predicted molar refractivity (Wildman–Crippen MR) is 99.8 cm³/mol. The van der Waals surface area contributed by atoms with Gasteiger partial charge in [-0.3, -0.25) is 4.90 Å². The minimum Gasteiger partial charge on any atom is -0.454 e. The number of fused-ring (bicyclic) bond motifs is 1. The maximum Gasteiger partial charge on any atom is 0.231 e. The quantitative estimate of drug-likeness (QED) is 0.629. The average molecular weight is 392 g/mol. The first-order valence-electron chi connectivity index (χ1n) is 8.18. The number of benzene rings is 1. The summed E-state index contributed by atoms with van der Waals surface area (Å²) in [6, 6.07) is 3.74. The first kappa shape index (κ1) is 17.3. The minimum absolute atomic E-state index is 0.198. The Hall–Kier alpha value is -2.09. The molecule has 1 unspecified atom stereocenters. The van der Waals surface area contributed by atoms with Crippen LogP contribution in [0, 0.1) is 6.92 Å². The van der Waals surface area contributed by atoms with Gasteiger partial charge in [0.05, 0.1) is 22.3 Å². The zero-order valence-electron chi connectivity index (χ0n) is 14.7. The van der Waals surface area contributed by atoms with Gasteiger partial charge in [0, 0.05) is 24.2 Å². The van der Waals surface area contributed by atoms with Gasteiger partial charge in [-0.05, 0) is 27.0 Å². The minimum atomic E-state index is 0.198. The third kappa shape index (κ3) is 3.18. The Morgan fingerprint density at radius 3 is 2.81 bits per heavy atom. The van der Waals surface area contributed by atoms with Crippen LogP contribution in [0.25, 0.3) is 11.5 Å². The number of aryl methyl sites for hydroxylation is 1. The van der Waals surface area contributed by atoms with Crippen molar-refractivity contribution in [2.45, 2.75) is 26.4 Å². The van der Waals surface area contributed by atoms with E-state index in [0.29, 0.717) is 34.5 Å². The molecule has 26 heavy (non-hydrogen) atoms. The molecule has 1 aliphatic heterocycles. The fraction of sp³-hybridized carbons (Fsp3) is 0.333. The lowest BCUT2D eigenvalue weighted by Gasteiger charge is -2.21. The van der Waals surface area contributed by atoms with Crippen LogP contribution in [0.5, 0.6) is 11.5 Å². The largest absolute Gasteiger partial charge is 0.454 e. The molecule has 4 rings (SSSR count). The molecule has 1 aromatic carbocycles. The molecule has 0 saturated carbocycles. The van der Waals surface area contributed by atoms with E-state index in [1.54, 1.807) is 17.4 Å². The molecule has 0 bridgehead atoms. The summed E-state index contributed by atoms with van der Waals surface area (Å²) in [6.07, 6.45) is 1.82. The molecule has 0 spiro atoms. The zero-order valence-corrected chi connectivity index (χ0v) is 16.2. The molecule has 0 aliphatic carbocycles. The maximum absolute atomic E-state index is 6.37. The molecule has 8 heteroatoms.